The number of benzene rings is 2. The average Bonchev–Trinajstić information content (AvgIpc) is 3.13. The Balaban J connectivity index is 2.25. The molecule has 1 aliphatic heterocycles. The summed E-state index contributed by atoms with van der Waals surface area (Å²) in [6.45, 7) is 21.3. The van der Waals surface area contributed by atoms with Gasteiger partial charge in [-0.2, -0.15) is 0 Å². The van der Waals surface area contributed by atoms with Gasteiger partial charge in [0.25, 0.3) is 0 Å². The summed E-state index contributed by atoms with van der Waals surface area (Å²) < 4.78 is 15.2. The molecule has 3 unspecified atom stereocenters. The SMILES string of the molecule is BC(C)(F)c1cccc(C(C)(C(=C)CCC)C2N(C)C(C)=C(C(=C)N(C)CCC)N2Cc2ccc(Cl)cc2)c1. The van der Waals surface area contributed by atoms with Gasteiger partial charge in [0.1, 0.15) is 6.17 Å². The number of halogens is 2. The van der Waals surface area contributed by atoms with Crippen molar-refractivity contribution in [3.05, 3.63) is 106 Å². The van der Waals surface area contributed by atoms with E-state index in [0.29, 0.717) is 12.1 Å². The van der Waals surface area contributed by atoms with Crippen LogP contribution in [0, 0.1) is 0 Å². The van der Waals surface area contributed by atoms with Crippen molar-refractivity contribution in [2.75, 3.05) is 20.6 Å². The van der Waals surface area contributed by atoms with Crippen LogP contribution in [-0.2, 0) is 17.5 Å². The van der Waals surface area contributed by atoms with Gasteiger partial charge >= 0.3 is 0 Å². The van der Waals surface area contributed by atoms with Gasteiger partial charge in [0.15, 0.2) is 7.85 Å². The predicted molar refractivity (Wildman–Crippen MR) is 168 cm³/mol. The zero-order valence-electron chi connectivity index (χ0n) is 25.2. The lowest BCUT2D eigenvalue weighted by Crippen LogP contribution is -2.53. The molecule has 0 bridgehead atoms. The Labute approximate surface area is 242 Å². The molecule has 6 heteroatoms. The standard InChI is InChI=1S/C33H46BClFN3/c1-10-13-23(3)32(6,27-14-12-15-28(21-27)33(7,34)36)31-38(9)25(5)30(24(4)37(8)20-11-2)39(31)22-26-16-18-29(35)19-17-26/h12,14-19,21,31H,3-4,10-11,13,20,22,34H2,1-2,5-9H3. The minimum absolute atomic E-state index is 0.0908. The maximum absolute atomic E-state index is 15.2. The van der Waals surface area contributed by atoms with E-state index >= 15 is 4.39 Å². The highest BCUT2D eigenvalue weighted by molar-refractivity contribution is 6.30. The van der Waals surface area contributed by atoms with E-state index in [1.165, 1.54) is 5.70 Å². The number of hydrogen-bond donors (Lipinski definition) is 0. The molecule has 0 fully saturated rings. The highest BCUT2D eigenvalue weighted by Crippen LogP contribution is 2.48. The van der Waals surface area contributed by atoms with Crippen molar-refractivity contribution in [2.45, 2.75) is 77.6 Å². The van der Waals surface area contributed by atoms with Gasteiger partial charge in [-0.05, 0) is 62.4 Å². The molecule has 3 atom stereocenters. The summed E-state index contributed by atoms with van der Waals surface area (Å²) in [4.78, 5) is 7.08. The highest BCUT2D eigenvalue weighted by Gasteiger charge is 2.49. The van der Waals surface area contributed by atoms with Crippen LogP contribution in [-0.4, -0.2) is 49.4 Å². The lowest BCUT2D eigenvalue weighted by Gasteiger charge is -2.47. The maximum atomic E-state index is 15.2. The molecule has 210 valence electrons. The monoisotopic (exact) mass is 549 g/mol. The van der Waals surface area contributed by atoms with Gasteiger partial charge in [0.05, 0.1) is 22.4 Å². The molecule has 1 aliphatic rings. The molecule has 0 aliphatic carbocycles. The van der Waals surface area contributed by atoms with Crippen molar-refractivity contribution in [1.82, 2.24) is 14.7 Å². The van der Waals surface area contributed by atoms with Crippen LogP contribution in [0.2, 0.25) is 5.02 Å². The Hall–Kier alpha value is -2.66. The molecular formula is C33H46BClFN3. The zero-order chi connectivity index (χ0) is 29.1. The summed E-state index contributed by atoms with van der Waals surface area (Å²) in [6.07, 6.45) is 2.81. The summed E-state index contributed by atoms with van der Waals surface area (Å²) >= 11 is 6.25. The number of rotatable bonds is 12. The molecule has 39 heavy (non-hydrogen) atoms. The van der Waals surface area contributed by atoms with Crippen LogP contribution in [0.4, 0.5) is 4.39 Å². The van der Waals surface area contributed by atoms with E-state index in [2.05, 4.69) is 87.8 Å². The van der Waals surface area contributed by atoms with Crippen molar-refractivity contribution in [1.29, 1.82) is 0 Å². The summed E-state index contributed by atoms with van der Waals surface area (Å²) in [6, 6.07) is 16.1. The fraction of sp³-hybridized carbons (Fsp3) is 0.455. The van der Waals surface area contributed by atoms with E-state index in [4.69, 9.17) is 11.6 Å². The minimum atomic E-state index is -1.44. The lowest BCUT2D eigenvalue weighted by atomic mass is 9.69. The molecule has 2 aromatic rings. The molecule has 0 radical (unpaired) electrons. The Kier molecular flexibility index (Phi) is 9.70. The van der Waals surface area contributed by atoms with Crippen molar-refractivity contribution in [3.8, 4) is 0 Å². The summed E-state index contributed by atoms with van der Waals surface area (Å²) in [7, 11) is 5.90. The Morgan fingerprint density at radius 3 is 2.26 bits per heavy atom. The van der Waals surface area contributed by atoms with Crippen molar-refractivity contribution in [2.24, 2.45) is 0 Å². The second kappa shape index (κ2) is 12.2. The first-order chi connectivity index (χ1) is 18.3. The van der Waals surface area contributed by atoms with Crippen molar-refractivity contribution in [3.63, 3.8) is 0 Å². The first-order valence-electron chi connectivity index (χ1n) is 14.1. The van der Waals surface area contributed by atoms with Gasteiger partial charge in [-0.15, -0.1) is 0 Å². The van der Waals surface area contributed by atoms with E-state index in [-0.39, 0.29) is 6.17 Å². The van der Waals surface area contributed by atoms with Crippen LogP contribution >= 0.6 is 11.6 Å². The second-order valence-corrected chi connectivity index (χ2v) is 12.1. The summed E-state index contributed by atoms with van der Waals surface area (Å²) in [5.41, 5.74) is 5.41. The van der Waals surface area contributed by atoms with Crippen LogP contribution in [0.15, 0.2) is 84.4 Å². The lowest BCUT2D eigenvalue weighted by molar-refractivity contribution is 0.0905. The van der Waals surface area contributed by atoms with Crippen LogP contribution < -0.4 is 0 Å². The van der Waals surface area contributed by atoms with Crippen molar-refractivity contribution < 1.29 is 4.39 Å². The van der Waals surface area contributed by atoms with E-state index in [0.717, 1.165) is 58.9 Å². The average molecular weight is 550 g/mol. The third-order valence-electron chi connectivity index (χ3n) is 8.33. The Morgan fingerprint density at radius 1 is 1.08 bits per heavy atom. The molecular weight excluding hydrogens is 504 g/mol. The van der Waals surface area contributed by atoms with E-state index in [1.54, 1.807) is 14.8 Å². The normalized spacial score (nSPS) is 18.6. The number of hydrogen-bond acceptors (Lipinski definition) is 3. The summed E-state index contributed by atoms with van der Waals surface area (Å²) in [5, 5.41) is 0.722. The minimum Gasteiger partial charge on any atom is -0.373 e. The molecule has 0 aromatic heterocycles. The van der Waals surface area contributed by atoms with E-state index < -0.39 is 11.0 Å². The first-order valence-corrected chi connectivity index (χ1v) is 14.5. The maximum Gasteiger partial charge on any atom is 0.155 e. The van der Waals surface area contributed by atoms with Crippen molar-refractivity contribution >= 4 is 19.4 Å². The zero-order valence-corrected chi connectivity index (χ0v) is 26.0. The summed E-state index contributed by atoms with van der Waals surface area (Å²) in [5.74, 6) is 0. The molecule has 3 nitrogen and oxygen atoms in total. The van der Waals surface area contributed by atoms with Crippen LogP contribution in [0.25, 0.3) is 0 Å². The van der Waals surface area contributed by atoms with Gasteiger partial charge in [-0.3, -0.25) is 0 Å². The molecule has 2 aromatic carbocycles. The Morgan fingerprint density at radius 2 is 1.69 bits per heavy atom. The molecule has 3 rings (SSSR count). The molecule has 1 heterocycles. The topological polar surface area (TPSA) is 9.72 Å². The van der Waals surface area contributed by atoms with Crippen LogP contribution in [0.1, 0.15) is 70.6 Å². The van der Waals surface area contributed by atoms with Gasteiger partial charge in [0.2, 0.25) is 0 Å². The third-order valence-corrected chi connectivity index (χ3v) is 8.58. The van der Waals surface area contributed by atoms with Gasteiger partial charge in [-0.25, -0.2) is 4.39 Å². The predicted octanol–water partition coefficient (Wildman–Crippen LogP) is 7.59. The highest BCUT2D eigenvalue weighted by atomic mass is 35.5. The van der Waals surface area contributed by atoms with Crippen LogP contribution in [0.5, 0.6) is 0 Å². The second-order valence-electron chi connectivity index (χ2n) is 11.7. The van der Waals surface area contributed by atoms with E-state index in [1.807, 2.05) is 30.3 Å². The van der Waals surface area contributed by atoms with Gasteiger partial charge < -0.3 is 14.7 Å². The third kappa shape index (κ3) is 6.24. The number of nitrogens with zero attached hydrogens (tertiary/aromatic N) is 3. The molecule has 0 amide bonds. The fourth-order valence-corrected chi connectivity index (χ4v) is 6.00. The smallest absolute Gasteiger partial charge is 0.155 e. The fourth-order valence-electron chi connectivity index (χ4n) is 5.88. The van der Waals surface area contributed by atoms with Gasteiger partial charge in [0, 0.05) is 37.9 Å². The molecule has 0 saturated carbocycles. The van der Waals surface area contributed by atoms with Crippen LogP contribution in [0.3, 0.4) is 0 Å². The van der Waals surface area contributed by atoms with E-state index in [9.17, 15) is 0 Å². The number of alkyl halides is 1. The molecule has 0 N–H and O–H groups in total. The first kappa shape index (κ1) is 30.9. The number of likely N-dealkylation sites (N-methyl/N-ethyl adjacent to an activating group) is 2. The molecule has 0 spiro atoms. The molecule has 0 saturated heterocycles. The number of allylic oxidation sites excluding steroid dienone is 1. The quantitative estimate of drug-likeness (QED) is 0.199. The van der Waals surface area contributed by atoms with Gasteiger partial charge in [-0.1, -0.05) is 87.0 Å². The largest absolute Gasteiger partial charge is 0.373 e. The Bertz CT molecular complexity index is 1220.